The predicted octanol–water partition coefficient (Wildman–Crippen LogP) is 1.72. The third-order valence-corrected chi connectivity index (χ3v) is 3.94. The lowest BCUT2D eigenvalue weighted by atomic mass is 9.89. The van der Waals surface area contributed by atoms with Gasteiger partial charge in [-0.15, -0.1) is 11.3 Å². The van der Waals surface area contributed by atoms with Gasteiger partial charge in [-0.1, -0.05) is 6.92 Å². The second-order valence-corrected chi connectivity index (χ2v) is 5.79. The van der Waals surface area contributed by atoms with Crippen LogP contribution in [0.3, 0.4) is 0 Å². The number of ketones is 1. The van der Waals surface area contributed by atoms with E-state index in [1.807, 2.05) is 0 Å². The van der Waals surface area contributed by atoms with E-state index < -0.39 is 0 Å². The molecule has 0 unspecified atom stereocenters. The van der Waals surface area contributed by atoms with Crippen LogP contribution >= 0.6 is 11.3 Å². The van der Waals surface area contributed by atoms with Crippen molar-refractivity contribution < 1.29 is 14.3 Å². The zero-order chi connectivity index (χ0) is 12.5. The fraction of sp³-hybridized carbons (Fsp3) is 0.500. The molecule has 1 saturated heterocycles. The highest BCUT2D eigenvalue weighted by Gasteiger charge is 2.33. The van der Waals surface area contributed by atoms with Crippen LogP contribution in [0.15, 0.2) is 12.1 Å². The lowest BCUT2D eigenvalue weighted by Crippen LogP contribution is -2.48. The molecule has 0 aliphatic carbocycles. The molecule has 0 radical (unpaired) electrons. The standard InChI is InChI=1S/C12H15NO3S/c1-8(14)9-3-4-10(17-9)11(15)13-5-12(2)6-16-7-12/h3-4H,5-7H2,1-2H3,(H,13,15). The van der Waals surface area contributed by atoms with Crippen molar-refractivity contribution in [1.82, 2.24) is 5.32 Å². The van der Waals surface area contributed by atoms with Crippen LogP contribution in [0.2, 0.25) is 0 Å². The SMILES string of the molecule is CC(=O)c1ccc(C(=O)NCC2(C)COC2)s1. The summed E-state index contributed by atoms with van der Waals surface area (Å²) in [7, 11) is 0. The van der Waals surface area contributed by atoms with Crippen molar-refractivity contribution in [2.45, 2.75) is 13.8 Å². The highest BCUT2D eigenvalue weighted by atomic mass is 32.1. The first-order chi connectivity index (χ1) is 8.00. The number of rotatable bonds is 4. The zero-order valence-corrected chi connectivity index (χ0v) is 10.7. The van der Waals surface area contributed by atoms with Gasteiger partial charge >= 0.3 is 0 Å². The van der Waals surface area contributed by atoms with E-state index in [0.717, 1.165) is 0 Å². The molecule has 0 spiro atoms. The molecule has 1 aliphatic heterocycles. The molecule has 1 aliphatic rings. The van der Waals surface area contributed by atoms with Crippen molar-refractivity contribution in [1.29, 1.82) is 0 Å². The van der Waals surface area contributed by atoms with Gasteiger partial charge in [-0.3, -0.25) is 9.59 Å². The van der Waals surface area contributed by atoms with Crippen molar-refractivity contribution in [3.8, 4) is 0 Å². The summed E-state index contributed by atoms with van der Waals surface area (Å²) in [6.45, 7) is 5.57. The summed E-state index contributed by atoms with van der Waals surface area (Å²) in [5, 5.41) is 2.87. The average Bonchev–Trinajstić information content (AvgIpc) is 2.72. The van der Waals surface area contributed by atoms with E-state index in [1.54, 1.807) is 12.1 Å². The molecule has 0 bridgehead atoms. The van der Waals surface area contributed by atoms with E-state index in [0.29, 0.717) is 29.5 Å². The molecule has 2 heterocycles. The van der Waals surface area contributed by atoms with Gasteiger partial charge in [-0.25, -0.2) is 0 Å². The lowest BCUT2D eigenvalue weighted by Gasteiger charge is -2.37. The summed E-state index contributed by atoms with van der Waals surface area (Å²) >= 11 is 1.23. The van der Waals surface area contributed by atoms with Gasteiger partial charge in [0, 0.05) is 12.0 Å². The third-order valence-electron chi connectivity index (χ3n) is 2.75. The van der Waals surface area contributed by atoms with Crippen LogP contribution < -0.4 is 5.32 Å². The van der Waals surface area contributed by atoms with Crippen molar-refractivity contribution in [3.63, 3.8) is 0 Å². The molecule has 4 nitrogen and oxygen atoms in total. The Kier molecular flexibility index (Phi) is 3.31. The van der Waals surface area contributed by atoms with Gasteiger partial charge in [-0.05, 0) is 19.1 Å². The molecule has 1 aromatic rings. The summed E-state index contributed by atoms with van der Waals surface area (Å²) in [4.78, 5) is 24.1. The molecule has 5 heteroatoms. The molecule has 92 valence electrons. The number of hydrogen-bond acceptors (Lipinski definition) is 4. The Morgan fingerprint density at radius 1 is 1.41 bits per heavy atom. The maximum absolute atomic E-state index is 11.8. The van der Waals surface area contributed by atoms with Crippen molar-refractivity contribution in [2.24, 2.45) is 5.41 Å². The Morgan fingerprint density at radius 3 is 2.53 bits per heavy atom. The fourth-order valence-electron chi connectivity index (χ4n) is 1.58. The van der Waals surface area contributed by atoms with E-state index in [2.05, 4.69) is 12.2 Å². The van der Waals surface area contributed by atoms with E-state index in [-0.39, 0.29) is 17.1 Å². The number of Topliss-reactive ketones (excluding diaryl/α,β-unsaturated/α-hetero) is 1. The maximum atomic E-state index is 11.8. The number of amides is 1. The fourth-order valence-corrected chi connectivity index (χ4v) is 2.40. The van der Waals surface area contributed by atoms with Crippen molar-refractivity contribution in [3.05, 3.63) is 21.9 Å². The molecule has 1 fully saturated rings. The number of carbonyl (C=O) groups is 2. The zero-order valence-electron chi connectivity index (χ0n) is 9.91. The highest BCUT2D eigenvalue weighted by molar-refractivity contribution is 7.15. The molecular formula is C12H15NO3S. The molecule has 1 N–H and O–H groups in total. The van der Waals surface area contributed by atoms with Crippen LogP contribution in [0.1, 0.15) is 33.2 Å². The molecule has 0 saturated carbocycles. The Morgan fingerprint density at radius 2 is 2.06 bits per heavy atom. The number of hydrogen-bond donors (Lipinski definition) is 1. The molecule has 1 amide bonds. The van der Waals surface area contributed by atoms with E-state index in [4.69, 9.17) is 4.74 Å². The normalized spacial score (nSPS) is 17.3. The van der Waals surface area contributed by atoms with E-state index in [1.165, 1.54) is 18.3 Å². The smallest absolute Gasteiger partial charge is 0.261 e. The minimum atomic E-state index is -0.115. The van der Waals surface area contributed by atoms with Gasteiger partial charge in [-0.2, -0.15) is 0 Å². The molecule has 1 aromatic heterocycles. The van der Waals surface area contributed by atoms with Crippen LogP contribution in [-0.4, -0.2) is 31.4 Å². The van der Waals surface area contributed by atoms with Crippen molar-refractivity contribution in [2.75, 3.05) is 19.8 Å². The van der Waals surface area contributed by atoms with Crippen LogP contribution in [0, 0.1) is 5.41 Å². The van der Waals surface area contributed by atoms with Gasteiger partial charge in [0.2, 0.25) is 0 Å². The summed E-state index contributed by atoms with van der Waals surface area (Å²) < 4.78 is 5.12. The summed E-state index contributed by atoms with van der Waals surface area (Å²) in [5.74, 6) is -0.121. The summed E-state index contributed by atoms with van der Waals surface area (Å²) in [6.07, 6.45) is 0. The van der Waals surface area contributed by atoms with E-state index in [9.17, 15) is 9.59 Å². The van der Waals surface area contributed by atoms with Gasteiger partial charge in [0.15, 0.2) is 5.78 Å². The number of thiophene rings is 1. The minimum Gasteiger partial charge on any atom is -0.380 e. The maximum Gasteiger partial charge on any atom is 0.261 e. The Balaban J connectivity index is 1.92. The van der Waals surface area contributed by atoms with Gasteiger partial charge in [0.1, 0.15) is 0 Å². The second kappa shape index (κ2) is 4.58. The van der Waals surface area contributed by atoms with E-state index >= 15 is 0 Å². The lowest BCUT2D eigenvalue weighted by molar-refractivity contribution is -0.0978. The first-order valence-electron chi connectivity index (χ1n) is 5.47. The average molecular weight is 253 g/mol. The van der Waals surface area contributed by atoms with Gasteiger partial charge in [0.25, 0.3) is 5.91 Å². The Labute approximate surface area is 104 Å². The molecule has 17 heavy (non-hydrogen) atoms. The van der Waals surface area contributed by atoms with Crippen LogP contribution in [0.25, 0.3) is 0 Å². The summed E-state index contributed by atoms with van der Waals surface area (Å²) in [5.41, 5.74) is 0.0658. The molecule has 0 atom stereocenters. The van der Waals surface area contributed by atoms with Crippen LogP contribution in [0.5, 0.6) is 0 Å². The Hall–Kier alpha value is -1.20. The monoisotopic (exact) mass is 253 g/mol. The first kappa shape index (κ1) is 12.3. The third kappa shape index (κ3) is 2.73. The topological polar surface area (TPSA) is 55.4 Å². The van der Waals surface area contributed by atoms with Crippen molar-refractivity contribution >= 4 is 23.0 Å². The first-order valence-corrected chi connectivity index (χ1v) is 6.29. The number of nitrogens with one attached hydrogen (secondary N) is 1. The molecule has 0 aromatic carbocycles. The predicted molar refractivity (Wildman–Crippen MR) is 65.6 cm³/mol. The highest BCUT2D eigenvalue weighted by Crippen LogP contribution is 2.25. The summed E-state index contributed by atoms with van der Waals surface area (Å²) in [6, 6.07) is 3.38. The van der Waals surface area contributed by atoms with Gasteiger partial charge in [0.05, 0.1) is 23.0 Å². The minimum absolute atomic E-state index is 0.00611. The largest absolute Gasteiger partial charge is 0.380 e. The quantitative estimate of drug-likeness (QED) is 0.831. The number of carbonyl (C=O) groups excluding carboxylic acids is 2. The van der Waals surface area contributed by atoms with Crippen LogP contribution in [-0.2, 0) is 4.74 Å². The Bertz CT molecular complexity index is 448. The molecular weight excluding hydrogens is 238 g/mol. The second-order valence-electron chi connectivity index (χ2n) is 4.71. The molecule has 2 rings (SSSR count). The number of ether oxygens (including phenoxy) is 1. The van der Waals surface area contributed by atoms with Gasteiger partial charge < -0.3 is 10.1 Å². The van der Waals surface area contributed by atoms with Crippen LogP contribution in [0.4, 0.5) is 0 Å².